The Morgan fingerprint density at radius 3 is 2.68 bits per heavy atom. The Balaban J connectivity index is 1.57. The number of nitrogens with one attached hydrogen (secondary N) is 1. The molecular formula is C17H16FN3S. The average Bonchev–Trinajstić information content (AvgIpc) is 2.99. The number of nitrogens with zero attached hydrogens (tertiary/aromatic N) is 2. The Bertz CT molecular complexity index is 735. The summed E-state index contributed by atoms with van der Waals surface area (Å²) in [6.07, 6.45) is 2.81. The minimum Gasteiger partial charge on any atom is -0.361 e. The van der Waals surface area contributed by atoms with Crippen LogP contribution in [0.4, 0.5) is 9.52 Å². The normalized spacial score (nSPS) is 10.6. The van der Waals surface area contributed by atoms with Crippen LogP contribution >= 0.6 is 11.3 Å². The first kappa shape index (κ1) is 14.7. The number of rotatable bonds is 5. The summed E-state index contributed by atoms with van der Waals surface area (Å²) in [6, 6.07) is 10.5. The highest BCUT2D eigenvalue weighted by atomic mass is 32.1. The van der Waals surface area contributed by atoms with Crippen molar-refractivity contribution in [2.45, 2.75) is 13.3 Å². The topological polar surface area (TPSA) is 37.8 Å². The third kappa shape index (κ3) is 3.68. The lowest BCUT2D eigenvalue weighted by Crippen LogP contribution is -2.04. The lowest BCUT2D eigenvalue weighted by atomic mass is 10.2. The molecule has 3 rings (SSSR count). The van der Waals surface area contributed by atoms with Crippen molar-refractivity contribution in [3.8, 4) is 11.3 Å². The maximum atomic E-state index is 12.9. The Labute approximate surface area is 132 Å². The fourth-order valence-electron chi connectivity index (χ4n) is 2.07. The first-order valence-electron chi connectivity index (χ1n) is 7.07. The fraction of sp³-hybridized carbons (Fsp3) is 0.176. The number of aromatic nitrogens is 2. The van der Waals surface area contributed by atoms with Crippen molar-refractivity contribution in [2.75, 3.05) is 11.9 Å². The Kier molecular flexibility index (Phi) is 4.44. The Morgan fingerprint density at radius 1 is 1.14 bits per heavy atom. The summed E-state index contributed by atoms with van der Waals surface area (Å²) in [5.74, 6) is -0.232. The lowest BCUT2D eigenvalue weighted by Gasteiger charge is -2.03. The van der Waals surface area contributed by atoms with E-state index in [1.165, 1.54) is 17.7 Å². The molecule has 0 aliphatic carbocycles. The molecule has 2 heterocycles. The molecule has 0 radical (unpaired) electrons. The van der Waals surface area contributed by atoms with Gasteiger partial charge >= 0.3 is 0 Å². The van der Waals surface area contributed by atoms with E-state index in [0.717, 1.165) is 35.0 Å². The third-order valence-corrected chi connectivity index (χ3v) is 4.11. The van der Waals surface area contributed by atoms with E-state index < -0.39 is 0 Å². The van der Waals surface area contributed by atoms with Crippen LogP contribution < -0.4 is 5.32 Å². The minimum absolute atomic E-state index is 0.232. The average molecular weight is 313 g/mol. The van der Waals surface area contributed by atoms with Gasteiger partial charge in [-0.2, -0.15) is 0 Å². The molecule has 112 valence electrons. The highest BCUT2D eigenvalue weighted by molar-refractivity contribution is 7.14. The summed E-state index contributed by atoms with van der Waals surface area (Å²) in [7, 11) is 0. The molecule has 0 saturated heterocycles. The summed E-state index contributed by atoms with van der Waals surface area (Å²) < 4.78 is 12.9. The quantitative estimate of drug-likeness (QED) is 0.763. The SMILES string of the molecule is Cc1ccc(CCNc2nc(-c3ccc(F)cc3)cs2)cn1. The van der Waals surface area contributed by atoms with E-state index in [0.29, 0.717) is 0 Å². The molecule has 0 atom stereocenters. The minimum atomic E-state index is -0.232. The largest absolute Gasteiger partial charge is 0.361 e. The molecule has 0 aliphatic heterocycles. The zero-order valence-corrected chi connectivity index (χ0v) is 13.0. The van der Waals surface area contributed by atoms with Crippen LogP contribution in [0, 0.1) is 12.7 Å². The molecule has 3 aromatic rings. The van der Waals surface area contributed by atoms with Gasteiger partial charge in [-0.3, -0.25) is 4.98 Å². The van der Waals surface area contributed by atoms with Crippen LogP contribution in [0.3, 0.4) is 0 Å². The molecular weight excluding hydrogens is 297 g/mol. The number of pyridine rings is 1. The number of thiazole rings is 1. The molecule has 1 aromatic carbocycles. The van der Waals surface area contributed by atoms with E-state index in [-0.39, 0.29) is 5.82 Å². The number of hydrogen-bond acceptors (Lipinski definition) is 4. The van der Waals surface area contributed by atoms with E-state index in [2.05, 4.69) is 21.4 Å². The van der Waals surface area contributed by atoms with Crippen molar-refractivity contribution in [2.24, 2.45) is 0 Å². The van der Waals surface area contributed by atoms with Crippen LogP contribution in [0.2, 0.25) is 0 Å². The molecule has 3 nitrogen and oxygen atoms in total. The van der Waals surface area contributed by atoms with E-state index in [1.807, 2.05) is 24.6 Å². The van der Waals surface area contributed by atoms with Gasteiger partial charge in [-0.15, -0.1) is 11.3 Å². The van der Waals surface area contributed by atoms with Crippen molar-refractivity contribution in [3.05, 3.63) is 65.0 Å². The van der Waals surface area contributed by atoms with Crippen molar-refractivity contribution in [1.29, 1.82) is 0 Å². The van der Waals surface area contributed by atoms with E-state index in [4.69, 9.17) is 0 Å². The molecule has 0 amide bonds. The van der Waals surface area contributed by atoms with Gasteiger partial charge in [0.15, 0.2) is 5.13 Å². The van der Waals surface area contributed by atoms with Gasteiger partial charge in [-0.1, -0.05) is 6.07 Å². The molecule has 0 aliphatic rings. The fourth-order valence-corrected chi connectivity index (χ4v) is 2.82. The van der Waals surface area contributed by atoms with Crippen molar-refractivity contribution in [3.63, 3.8) is 0 Å². The summed E-state index contributed by atoms with van der Waals surface area (Å²) >= 11 is 1.55. The molecule has 2 aromatic heterocycles. The van der Waals surface area contributed by atoms with Crippen LogP contribution in [0.5, 0.6) is 0 Å². The Morgan fingerprint density at radius 2 is 1.95 bits per heavy atom. The second-order valence-corrected chi connectivity index (χ2v) is 5.89. The number of anilines is 1. The summed E-state index contributed by atoms with van der Waals surface area (Å²) in [4.78, 5) is 8.81. The second kappa shape index (κ2) is 6.66. The smallest absolute Gasteiger partial charge is 0.183 e. The summed E-state index contributed by atoms with van der Waals surface area (Å²) in [6.45, 7) is 2.79. The molecule has 0 fully saturated rings. The summed E-state index contributed by atoms with van der Waals surface area (Å²) in [5.41, 5.74) is 4.02. The molecule has 0 spiro atoms. The van der Waals surface area contributed by atoms with Gasteiger partial charge in [-0.05, 0) is 49.2 Å². The van der Waals surface area contributed by atoms with Gasteiger partial charge in [0, 0.05) is 29.4 Å². The highest BCUT2D eigenvalue weighted by Gasteiger charge is 2.04. The number of aryl methyl sites for hydroxylation is 1. The zero-order chi connectivity index (χ0) is 15.4. The standard InChI is InChI=1S/C17H16FN3S/c1-12-2-3-13(10-20-12)8-9-19-17-21-16(11-22-17)14-4-6-15(18)7-5-14/h2-7,10-11H,8-9H2,1H3,(H,19,21). The van der Waals surface area contributed by atoms with Gasteiger partial charge in [0.25, 0.3) is 0 Å². The number of hydrogen-bond donors (Lipinski definition) is 1. The van der Waals surface area contributed by atoms with Crippen molar-refractivity contribution < 1.29 is 4.39 Å². The van der Waals surface area contributed by atoms with Crippen LogP contribution in [0.1, 0.15) is 11.3 Å². The predicted molar refractivity (Wildman–Crippen MR) is 88.7 cm³/mol. The zero-order valence-electron chi connectivity index (χ0n) is 12.2. The maximum Gasteiger partial charge on any atom is 0.183 e. The first-order valence-corrected chi connectivity index (χ1v) is 7.95. The number of benzene rings is 1. The van der Waals surface area contributed by atoms with Crippen molar-refractivity contribution in [1.82, 2.24) is 9.97 Å². The Hall–Kier alpha value is -2.27. The summed E-state index contributed by atoms with van der Waals surface area (Å²) in [5, 5.41) is 6.16. The van der Waals surface area contributed by atoms with Crippen LogP contribution in [0.15, 0.2) is 48.0 Å². The van der Waals surface area contributed by atoms with E-state index in [1.54, 1.807) is 23.5 Å². The van der Waals surface area contributed by atoms with E-state index in [9.17, 15) is 4.39 Å². The van der Waals surface area contributed by atoms with Crippen molar-refractivity contribution >= 4 is 16.5 Å². The predicted octanol–water partition coefficient (Wildman–Crippen LogP) is 4.31. The van der Waals surface area contributed by atoms with Gasteiger partial charge in [0.2, 0.25) is 0 Å². The molecule has 0 unspecified atom stereocenters. The van der Waals surface area contributed by atoms with Gasteiger partial charge < -0.3 is 5.32 Å². The van der Waals surface area contributed by atoms with Crippen LogP contribution in [-0.2, 0) is 6.42 Å². The van der Waals surface area contributed by atoms with Crippen LogP contribution in [-0.4, -0.2) is 16.5 Å². The molecule has 0 bridgehead atoms. The second-order valence-electron chi connectivity index (χ2n) is 5.03. The maximum absolute atomic E-state index is 12.9. The van der Waals surface area contributed by atoms with E-state index >= 15 is 0 Å². The molecule has 22 heavy (non-hydrogen) atoms. The lowest BCUT2D eigenvalue weighted by molar-refractivity contribution is 0.628. The third-order valence-electron chi connectivity index (χ3n) is 3.31. The monoisotopic (exact) mass is 313 g/mol. The first-order chi connectivity index (χ1) is 10.7. The molecule has 1 N–H and O–H groups in total. The van der Waals surface area contributed by atoms with Gasteiger partial charge in [-0.25, -0.2) is 9.37 Å². The molecule has 0 saturated carbocycles. The van der Waals surface area contributed by atoms with Gasteiger partial charge in [0.1, 0.15) is 5.82 Å². The number of halogens is 1. The highest BCUT2D eigenvalue weighted by Crippen LogP contribution is 2.24. The van der Waals surface area contributed by atoms with Crippen LogP contribution in [0.25, 0.3) is 11.3 Å². The van der Waals surface area contributed by atoms with Gasteiger partial charge in [0.05, 0.1) is 5.69 Å². The molecule has 5 heteroatoms.